The first-order valence-electron chi connectivity index (χ1n) is 5.83. The van der Waals surface area contributed by atoms with Crippen molar-refractivity contribution in [3.05, 3.63) is 22.8 Å². The van der Waals surface area contributed by atoms with Gasteiger partial charge < -0.3 is 11.5 Å². The Kier molecular flexibility index (Phi) is 3.66. The lowest BCUT2D eigenvalue weighted by Crippen LogP contribution is -2.21. The number of pyridine rings is 1. The first kappa shape index (κ1) is 11.7. The number of nitrogen functional groups attached to an aromatic ring is 1. The van der Waals surface area contributed by atoms with Crippen LogP contribution in [-0.4, -0.2) is 11.0 Å². The zero-order valence-corrected chi connectivity index (χ0v) is 10.1. The fourth-order valence-electron chi connectivity index (χ4n) is 2.47. The zero-order valence-electron chi connectivity index (χ0n) is 9.32. The van der Waals surface area contributed by atoms with Gasteiger partial charge in [-0.25, -0.2) is 4.98 Å². The Morgan fingerprint density at radius 1 is 1.31 bits per heavy atom. The molecule has 3 nitrogen and oxygen atoms in total. The largest absolute Gasteiger partial charge is 0.383 e. The quantitative estimate of drug-likeness (QED) is 0.741. The van der Waals surface area contributed by atoms with Crippen LogP contribution >= 0.6 is 11.6 Å². The average Bonchev–Trinajstić information content (AvgIpc) is 2.46. The summed E-state index contributed by atoms with van der Waals surface area (Å²) in [5, 5.41) is 0.655. The van der Waals surface area contributed by atoms with E-state index in [1.807, 2.05) is 6.07 Å². The van der Waals surface area contributed by atoms with Crippen LogP contribution in [0.4, 0.5) is 5.82 Å². The first-order chi connectivity index (χ1) is 7.66. The van der Waals surface area contributed by atoms with Crippen molar-refractivity contribution in [1.29, 1.82) is 0 Å². The minimum absolute atomic E-state index is 0.283. The molecule has 1 aliphatic carbocycles. The smallest absolute Gasteiger partial charge is 0.126 e. The van der Waals surface area contributed by atoms with E-state index in [2.05, 4.69) is 4.98 Å². The molecule has 2 atom stereocenters. The number of nitrogens with two attached hydrogens (primary N) is 2. The molecule has 0 aliphatic heterocycles. The van der Waals surface area contributed by atoms with Crippen molar-refractivity contribution in [1.82, 2.24) is 4.98 Å². The van der Waals surface area contributed by atoms with Crippen molar-refractivity contribution < 1.29 is 0 Å². The van der Waals surface area contributed by atoms with Crippen molar-refractivity contribution in [2.24, 2.45) is 5.73 Å². The zero-order chi connectivity index (χ0) is 11.5. The highest BCUT2D eigenvalue weighted by molar-refractivity contribution is 6.30. The van der Waals surface area contributed by atoms with Crippen LogP contribution in [0.5, 0.6) is 0 Å². The van der Waals surface area contributed by atoms with Crippen molar-refractivity contribution in [3.63, 3.8) is 0 Å². The standard InChI is InChI=1S/C12H18ClN3/c13-9-6-11(12(15)16-7-9)8-3-1-2-4-10(14)5-8/h6-8,10H,1-5,14H2,(H2,15,16). The number of halogens is 1. The van der Waals surface area contributed by atoms with Crippen molar-refractivity contribution in [2.45, 2.75) is 44.1 Å². The lowest BCUT2D eigenvalue weighted by molar-refractivity contribution is 0.535. The van der Waals surface area contributed by atoms with E-state index < -0.39 is 0 Å². The molecule has 16 heavy (non-hydrogen) atoms. The second-order valence-corrected chi connectivity index (χ2v) is 5.04. The van der Waals surface area contributed by atoms with E-state index in [0.717, 1.165) is 24.8 Å². The van der Waals surface area contributed by atoms with Gasteiger partial charge in [-0.2, -0.15) is 0 Å². The Hall–Kier alpha value is -0.800. The number of rotatable bonds is 1. The van der Waals surface area contributed by atoms with E-state index in [0.29, 0.717) is 16.8 Å². The SMILES string of the molecule is Nc1ncc(Cl)cc1C1CCCCC(N)C1. The van der Waals surface area contributed by atoms with Gasteiger partial charge in [-0.3, -0.25) is 0 Å². The third-order valence-electron chi connectivity index (χ3n) is 3.32. The predicted octanol–water partition coefficient (Wildman–Crippen LogP) is 2.69. The van der Waals surface area contributed by atoms with E-state index >= 15 is 0 Å². The summed E-state index contributed by atoms with van der Waals surface area (Å²) in [5.41, 5.74) is 13.0. The molecule has 1 aromatic heterocycles. The summed E-state index contributed by atoms with van der Waals surface area (Å²) >= 11 is 5.96. The molecule has 0 radical (unpaired) electrons. The molecule has 88 valence electrons. The number of hydrogen-bond acceptors (Lipinski definition) is 3. The molecule has 0 bridgehead atoms. The first-order valence-corrected chi connectivity index (χ1v) is 6.21. The Labute approximate surface area is 101 Å². The summed E-state index contributed by atoms with van der Waals surface area (Å²) in [6, 6.07) is 2.22. The predicted molar refractivity (Wildman–Crippen MR) is 67.5 cm³/mol. The maximum atomic E-state index is 6.06. The Morgan fingerprint density at radius 2 is 2.06 bits per heavy atom. The van der Waals surface area contributed by atoms with E-state index in [1.165, 1.54) is 12.8 Å². The lowest BCUT2D eigenvalue weighted by Gasteiger charge is -2.18. The normalized spacial score (nSPS) is 26.4. The lowest BCUT2D eigenvalue weighted by atomic mass is 9.91. The highest BCUT2D eigenvalue weighted by Crippen LogP contribution is 2.34. The molecule has 0 aromatic carbocycles. The third-order valence-corrected chi connectivity index (χ3v) is 3.53. The van der Waals surface area contributed by atoms with Gasteiger partial charge in [-0.15, -0.1) is 0 Å². The van der Waals surface area contributed by atoms with E-state index in [1.54, 1.807) is 6.20 Å². The molecule has 1 aromatic rings. The number of anilines is 1. The maximum absolute atomic E-state index is 6.06. The summed E-state index contributed by atoms with van der Waals surface area (Å²) < 4.78 is 0. The van der Waals surface area contributed by atoms with Crippen molar-refractivity contribution in [2.75, 3.05) is 5.73 Å². The number of nitrogens with zero attached hydrogens (tertiary/aromatic N) is 1. The van der Waals surface area contributed by atoms with Gasteiger partial charge in [0.15, 0.2) is 0 Å². The summed E-state index contributed by atoms with van der Waals surface area (Å²) in [6.07, 6.45) is 7.27. The van der Waals surface area contributed by atoms with Crippen LogP contribution in [0.3, 0.4) is 0 Å². The van der Waals surface area contributed by atoms with Crippen molar-refractivity contribution in [3.8, 4) is 0 Å². The molecule has 2 rings (SSSR count). The minimum atomic E-state index is 0.283. The summed E-state index contributed by atoms with van der Waals surface area (Å²) in [6.45, 7) is 0. The monoisotopic (exact) mass is 239 g/mol. The minimum Gasteiger partial charge on any atom is -0.383 e. The number of hydrogen-bond donors (Lipinski definition) is 2. The molecule has 0 spiro atoms. The number of aromatic nitrogens is 1. The molecule has 1 saturated carbocycles. The second-order valence-electron chi connectivity index (χ2n) is 4.61. The Morgan fingerprint density at radius 3 is 2.88 bits per heavy atom. The molecule has 0 amide bonds. The van der Waals surface area contributed by atoms with Gasteiger partial charge in [0.25, 0.3) is 0 Å². The molecule has 0 saturated heterocycles. The third kappa shape index (κ3) is 2.66. The van der Waals surface area contributed by atoms with Crippen LogP contribution < -0.4 is 11.5 Å². The fraction of sp³-hybridized carbons (Fsp3) is 0.583. The van der Waals surface area contributed by atoms with E-state index in [9.17, 15) is 0 Å². The summed E-state index contributed by atoms with van der Waals surface area (Å²) in [7, 11) is 0. The fourth-order valence-corrected chi connectivity index (χ4v) is 2.64. The molecular weight excluding hydrogens is 222 g/mol. The van der Waals surface area contributed by atoms with Crippen LogP contribution in [0.2, 0.25) is 5.02 Å². The van der Waals surface area contributed by atoms with Crippen LogP contribution in [-0.2, 0) is 0 Å². The Bertz CT molecular complexity index is 367. The average molecular weight is 240 g/mol. The van der Waals surface area contributed by atoms with Gasteiger partial charge in [0, 0.05) is 12.2 Å². The molecule has 1 fully saturated rings. The highest BCUT2D eigenvalue weighted by Gasteiger charge is 2.21. The molecule has 4 heteroatoms. The van der Waals surface area contributed by atoms with Crippen LogP contribution in [0.25, 0.3) is 0 Å². The van der Waals surface area contributed by atoms with Gasteiger partial charge in [-0.05, 0) is 36.8 Å². The molecule has 1 heterocycles. The van der Waals surface area contributed by atoms with Gasteiger partial charge >= 0.3 is 0 Å². The molecule has 4 N–H and O–H groups in total. The van der Waals surface area contributed by atoms with Gasteiger partial charge in [-0.1, -0.05) is 24.4 Å². The second kappa shape index (κ2) is 5.02. The van der Waals surface area contributed by atoms with E-state index in [4.69, 9.17) is 23.1 Å². The topological polar surface area (TPSA) is 64.9 Å². The van der Waals surface area contributed by atoms with Crippen molar-refractivity contribution >= 4 is 17.4 Å². The van der Waals surface area contributed by atoms with Gasteiger partial charge in [0.2, 0.25) is 0 Å². The van der Waals surface area contributed by atoms with Crippen LogP contribution in [0, 0.1) is 0 Å². The Balaban J connectivity index is 2.24. The van der Waals surface area contributed by atoms with Gasteiger partial charge in [0.05, 0.1) is 5.02 Å². The summed E-state index contributed by atoms with van der Waals surface area (Å²) in [4.78, 5) is 4.11. The van der Waals surface area contributed by atoms with Crippen LogP contribution in [0.1, 0.15) is 43.6 Å². The molecular formula is C12H18ClN3. The van der Waals surface area contributed by atoms with Gasteiger partial charge in [0.1, 0.15) is 5.82 Å². The molecule has 2 unspecified atom stereocenters. The van der Waals surface area contributed by atoms with Crippen LogP contribution in [0.15, 0.2) is 12.3 Å². The van der Waals surface area contributed by atoms with E-state index in [-0.39, 0.29) is 6.04 Å². The summed E-state index contributed by atoms with van der Waals surface area (Å²) in [5.74, 6) is 1.02. The maximum Gasteiger partial charge on any atom is 0.126 e. The highest BCUT2D eigenvalue weighted by atomic mass is 35.5. The molecule has 1 aliphatic rings.